The summed E-state index contributed by atoms with van der Waals surface area (Å²) < 4.78 is 11.4. The molecule has 1 aromatic carbocycles. The van der Waals surface area contributed by atoms with Crippen LogP contribution in [0.2, 0.25) is 0 Å². The number of amides is 2. The number of hydrogen-bond acceptors (Lipinski definition) is 7. The number of thiophene rings is 1. The lowest BCUT2D eigenvalue weighted by atomic mass is 10.2. The number of ether oxygens (including phenoxy) is 2. The van der Waals surface area contributed by atoms with Crippen LogP contribution < -0.4 is 20.1 Å². The number of anilines is 1. The Balaban J connectivity index is 1.29. The Morgan fingerprint density at radius 3 is 2.92 bits per heavy atom. The summed E-state index contributed by atoms with van der Waals surface area (Å²) in [5.74, 6) is 1.41. The molecule has 0 saturated heterocycles. The molecule has 1 unspecified atom stereocenters. The lowest BCUT2D eigenvalue weighted by Gasteiger charge is -2.26. The second-order valence-electron chi connectivity index (χ2n) is 5.22. The van der Waals surface area contributed by atoms with Gasteiger partial charge in [0.2, 0.25) is 5.13 Å². The van der Waals surface area contributed by atoms with Gasteiger partial charge in [0.05, 0.1) is 11.4 Å². The maximum absolute atomic E-state index is 12.0. The van der Waals surface area contributed by atoms with Crippen molar-refractivity contribution in [2.75, 3.05) is 18.5 Å². The van der Waals surface area contributed by atoms with Crippen molar-refractivity contribution in [2.24, 2.45) is 0 Å². The summed E-state index contributed by atoms with van der Waals surface area (Å²) >= 11 is 2.91. The first-order chi connectivity index (χ1) is 12.3. The Bertz CT molecular complexity index is 866. The molecular weight excluding hydrogens is 360 g/mol. The highest BCUT2D eigenvalue weighted by Gasteiger charge is 2.21. The quantitative estimate of drug-likeness (QED) is 0.732. The first-order valence-electron chi connectivity index (χ1n) is 7.58. The third-order valence-corrected chi connectivity index (χ3v) is 5.31. The first kappa shape index (κ1) is 15.9. The number of carbonyl (C=O) groups excluding carboxylic acids is 1. The zero-order chi connectivity index (χ0) is 17.1. The van der Waals surface area contributed by atoms with Gasteiger partial charge >= 0.3 is 6.03 Å². The van der Waals surface area contributed by atoms with Crippen molar-refractivity contribution in [3.8, 4) is 21.4 Å². The molecule has 128 valence electrons. The average molecular weight is 374 g/mol. The number of fused-ring (bicyclic) bond motifs is 1. The van der Waals surface area contributed by atoms with E-state index in [1.165, 1.54) is 11.3 Å². The van der Waals surface area contributed by atoms with E-state index in [1.807, 2.05) is 41.8 Å². The second-order valence-corrected chi connectivity index (χ2v) is 7.15. The zero-order valence-electron chi connectivity index (χ0n) is 13.0. The minimum absolute atomic E-state index is 0.239. The van der Waals surface area contributed by atoms with E-state index in [9.17, 15) is 4.79 Å². The fourth-order valence-corrected chi connectivity index (χ4v) is 3.82. The van der Waals surface area contributed by atoms with Crippen LogP contribution in [0.3, 0.4) is 0 Å². The maximum atomic E-state index is 12.0. The number of aromatic nitrogens is 2. The van der Waals surface area contributed by atoms with Crippen molar-refractivity contribution < 1.29 is 14.3 Å². The summed E-state index contributed by atoms with van der Waals surface area (Å²) in [6.07, 6.45) is -0.239. The van der Waals surface area contributed by atoms with Gasteiger partial charge in [-0.3, -0.25) is 5.32 Å². The standard InChI is InChI=1S/C16H14N4O3S2/c21-15(18-16-20-19-14(25-16)13-6-3-7-24-13)17-8-10-9-22-11-4-1-2-5-12(11)23-10/h1-7,10H,8-9H2,(H2,17,18,20,21). The number of hydrogen-bond donors (Lipinski definition) is 2. The van der Waals surface area contributed by atoms with Crippen molar-refractivity contribution in [3.05, 3.63) is 41.8 Å². The topological polar surface area (TPSA) is 85.4 Å². The molecule has 1 atom stereocenters. The Morgan fingerprint density at radius 2 is 2.08 bits per heavy atom. The summed E-state index contributed by atoms with van der Waals surface area (Å²) in [4.78, 5) is 13.0. The SMILES string of the molecule is O=C(NCC1COc2ccccc2O1)Nc1nnc(-c2cccs2)s1. The molecule has 3 heterocycles. The highest BCUT2D eigenvalue weighted by atomic mass is 32.1. The predicted octanol–water partition coefficient (Wildman–Crippen LogP) is 3.23. The van der Waals surface area contributed by atoms with Crippen LogP contribution >= 0.6 is 22.7 Å². The van der Waals surface area contributed by atoms with Gasteiger partial charge < -0.3 is 14.8 Å². The van der Waals surface area contributed by atoms with Crippen LogP contribution in [0.1, 0.15) is 0 Å². The largest absolute Gasteiger partial charge is 0.486 e. The number of rotatable bonds is 4. The third kappa shape index (κ3) is 3.72. The number of para-hydroxylation sites is 2. The number of carbonyl (C=O) groups is 1. The van der Waals surface area contributed by atoms with Crippen LogP contribution in [-0.4, -0.2) is 35.5 Å². The Hall–Kier alpha value is -2.65. The lowest BCUT2D eigenvalue weighted by molar-refractivity contribution is 0.0922. The molecule has 1 aliphatic heterocycles. The molecule has 3 aromatic rings. The van der Waals surface area contributed by atoms with Gasteiger partial charge in [0.15, 0.2) is 22.6 Å². The van der Waals surface area contributed by atoms with Crippen molar-refractivity contribution >= 4 is 33.8 Å². The van der Waals surface area contributed by atoms with Gasteiger partial charge in [-0.15, -0.1) is 21.5 Å². The lowest BCUT2D eigenvalue weighted by Crippen LogP contribution is -2.42. The first-order valence-corrected chi connectivity index (χ1v) is 9.28. The second kappa shape index (κ2) is 7.08. The summed E-state index contributed by atoms with van der Waals surface area (Å²) in [5.41, 5.74) is 0. The van der Waals surface area contributed by atoms with Gasteiger partial charge in [-0.1, -0.05) is 29.5 Å². The van der Waals surface area contributed by atoms with Gasteiger partial charge in [0.1, 0.15) is 6.61 Å². The maximum Gasteiger partial charge on any atom is 0.321 e. The molecule has 25 heavy (non-hydrogen) atoms. The molecule has 1 aliphatic rings. The Kier molecular flexibility index (Phi) is 4.49. The van der Waals surface area contributed by atoms with E-state index < -0.39 is 0 Å². The molecule has 0 spiro atoms. The summed E-state index contributed by atoms with van der Waals surface area (Å²) in [6.45, 7) is 0.718. The van der Waals surface area contributed by atoms with E-state index >= 15 is 0 Å². The third-order valence-electron chi connectivity index (χ3n) is 3.44. The Labute approximate surface area is 151 Å². The minimum atomic E-state index is -0.351. The molecule has 0 aliphatic carbocycles. The van der Waals surface area contributed by atoms with Gasteiger partial charge in [0, 0.05) is 0 Å². The van der Waals surface area contributed by atoms with E-state index in [2.05, 4.69) is 20.8 Å². The molecule has 9 heteroatoms. The van der Waals surface area contributed by atoms with Gasteiger partial charge in [-0.25, -0.2) is 4.79 Å². The van der Waals surface area contributed by atoms with Crippen LogP contribution in [0.25, 0.3) is 9.88 Å². The van der Waals surface area contributed by atoms with Crippen LogP contribution in [0.15, 0.2) is 41.8 Å². The van der Waals surface area contributed by atoms with E-state index in [0.717, 1.165) is 15.6 Å². The number of benzene rings is 1. The van der Waals surface area contributed by atoms with Crippen LogP contribution in [-0.2, 0) is 0 Å². The van der Waals surface area contributed by atoms with Crippen molar-refractivity contribution in [3.63, 3.8) is 0 Å². The molecule has 0 radical (unpaired) electrons. The smallest absolute Gasteiger partial charge is 0.321 e. The molecule has 2 N–H and O–H groups in total. The summed E-state index contributed by atoms with van der Waals surface area (Å²) in [6, 6.07) is 11.0. The molecule has 0 fully saturated rings. The van der Waals surface area contributed by atoms with E-state index in [0.29, 0.717) is 24.0 Å². The van der Waals surface area contributed by atoms with Crippen molar-refractivity contribution in [1.29, 1.82) is 0 Å². The fourth-order valence-electron chi connectivity index (χ4n) is 2.29. The fraction of sp³-hybridized carbons (Fsp3) is 0.188. The molecule has 2 amide bonds. The van der Waals surface area contributed by atoms with E-state index in [1.54, 1.807) is 11.3 Å². The van der Waals surface area contributed by atoms with Gasteiger partial charge in [-0.05, 0) is 23.6 Å². The van der Waals surface area contributed by atoms with Crippen LogP contribution in [0, 0.1) is 0 Å². The zero-order valence-corrected chi connectivity index (χ0v) is 14.6. The average Bonchev–Trinajstić information content (AvgIpc) is 3.31. The summed E-state index contributed by atoms with van der Waals surface area (Å²) in [5, 5.41) is 16.7. The summed E-state index contributed by atoms with van der Waals surface area (Å²) in [7, 11) is 0. The van der Waals surface area contributed by atoms with Crippen LogP contribution in [0.5, 0.6) is 11.5 Å². The molecule has 0 bridgehead atoms. The van der Waals surface area contributed by atoms with Crippen LogP contribution in [0.4, 0.5) is 9.93 Å². The molecule has 4 rings (SSSR count). The van der Waals surface area contributed by atoms with E-state index in [4.69, 9.17) is 9.47 Å². The normalized spacial score (nSPS) is 15.6. The van der Waals surface area contributed by atoms with Crippen molar-refractivity contribution in [2.45, 2.75) is 6.10 Å². The number of nitrogens with zero attached hydrogens (tertiary/aromatic N) is 2. The highest BCUT2D eigenvalue weighted by molar-refractivity contribution is 7.23. The molecule has 0 saturated carbocycles. The number of nitrogens with one attached hydrogen (secondary N) is 2. The highest BCUT2D eigenvalue weighted by Crippen LogP contribution is 2.31. The Morgan fingerprint density at radius 1 is 1.20 bits per heavy atom. The minimum Gasteiger partial charge on any atom is -0.486 e. The van der Waals surface area contributed by atoms with E-state index in [-0.39, 0.29) is 12.1 Å². The molecule has 2 aromatic heterocycles. The van der Waals surface area contributed by atoms with Gasteiger partial charge in [-0.2, -0.15) is 0 Å². The van der Waals surface area contributed by atoms with Gasteiger partial charge in [0.25, 0.3) is 0 Å². The monoisotopic (exact) mass is 374 g/mol. The van der Waals surface area contributed by atoms with Crippen molar-refractivity contribution in [1.82, 2.24) is 15.5 Å². The predicted molar refractivity (Wildman–Crippen MR) is 96.6 cm³/mol. The molecular formula is C16H14N4O3S2. The molecule has 7 nitrogen and oxygen atoms in total. The number of urea groups is 1.